The van der Waals surface area contributed by atoms with Crippen molar-refractivity contribution in [3.8, 4) is 0 Å². The molecule has 82 valence electrons. The predicted octanol–water partition coefficient (Wildman–Crippen LogP) is 2.17. The van der Waals surface area contributed by atoms with Crippen molar-refractivity contribution >= 4 is 23.9 Å². The van der Waals surface area contributed by atoms with Crippen molar-refractivity contribution in [1.29, 1.82) is 0 Å². The van der Waals surface area contributed by atoms with Gasteiger partial charge < -0.3 is 9.47 Å². The summed E-state index contributed by atoms with van der Waals surface area (Å²) < 4.78 is 9.75. The Labute approximate surface area is 89.4 Å². The minimum Gasteiger partial charge on any atom is -0.457 e. The van der Waals surface area contributed by atoms with Gasteiger partial charge in [0, 0.05) is 0 Å². The molecule has 0 fully saturated rings. The second-order valence-corrected chi connectivity index (χ2v) is 4.75. The summed E-state index contributed by atoms with van der Waals surface area (Å²) in [6.07, 6.45) is 0. The minimum atomic E-state index is -1.30. The molecule has 5 heteroatoms. The molecule has 0 aliphatic rings. The van der Waals surface area contributed by atoms with Gasteiger partial charge in [-0.3, -0.25) is 0 Å². The summed E-state index contributed by atoms with van der Waals surface area (Å²) in [6, 6.07) is 0. The van der Waals surface area contributed by atoms with E-state index in [4.69, 9.17) is 9.47 Å². The van der Waals surface area contributed by atoms with Gasteiger partial charge in [-0.15, -0.1) is 0 Å². The second-order valence-electron chi connectivity index (χ2n) is 4.38. The summed E-state index contributed by atoms with van der Waals surface area (Å²) in [7, 11) is 0. The van der Waals surface area contributed by atoms with E-state index in [1.54, 1.807) is 20.8 Å². The van der Waals surface area contributed by atoms with Gasteiger partial charge >= 0.3 is 11.3 Å². The number of esters is 1. The fourth-order valence-electron chi connectivity index (χ4n) is 0.661. The van der Waals surface area contributed by atoms with Crippen molar-refractivity contribution < 1.29 is 19.1 Å². The topological polar surface area (TPSA) is 52.6 Å². The molecule has 0 aromatic rings. The van der Waals surface area contributed by atoms with Crippen LogP contribution in [0.5, 0.6) is 0 Å². The number of thiol groups is 1. The van der Waals surface area contributed by atoms with Crippen LogP contribution in [0.15, 0.2) is 0 Å². The standard InChI is InChI=1S/C9H16O4S/c1-8(2,3)12-6(10)9(4,5)13-7(11)14/h1-5H3,(H,11,14). The lowest BCUT2D eigenvalue weighted by molar-refractivity contribution is -0.172. The number of carbonyl (C=O) groups excluding carboxylic acids is 2. The van der Waals surface area contributed by atoms with E-state index in [0.29, 0.717) is 0 Å². The van der Waals surface area contributed by atoms with Crippen molar-refractivity contribution in [3.05, 3.63) is 0 Å². The van der Waals surface area contributed by atoms with Crippen LogP contribution in [0.4, 0.5) is 4.79 Å². The van der Waals surface area contributed by atoms with Crippen LogP contribution in [-0.2, 0) is 14.3 Å². The maximum atomic E-state index is 11.5. The molecule has 4 nitrogen and oxygen atoms in total. The normalized spacial score (nSPS) is 12.1. The molecular formula is C9H16O4S. The first-order chi connectivity index (χ1) is 6.04. The van der Waals surface area contributed by atoms with Gasteiger partial charge in [0.05, 0.1) is 0 Å². The number of hydrogen-bond donors (Lipinski definition) is 1. The Morgan fingerprint density at radius 1 is 1.00 bits per heavy atom. The summed E-state index contributed by atoms with van der Waals surface area (Å²) in [4.78, 5) is 22.0. The molecule has 0 rings (SSSR count). The van der Waals surface area contributed by atoms with Crippen LogP contribution in [0.1, 0.15) is 34.6 Å². The Kier molecular flexibility index (Phi) is 4.00. The Balaban J connectivity index is 4.44. The lowest BCUT2D eigenvalue weighted by Gasteiger charge is -2.27. The molecule has 0 radical (unpaired) electrons. The van der Waals surface area contributed by atoms with Gasteiger partial charge in [-0.05, 0) is 34.6 Å². The van der Waals surface area contributed by atoms with Gasteiger partial charge in [0.15, 0.2) is 0 Å². The van der Waals surface area contributed by atoms with Gasteiger partial charge in [0.2, 0.25) is 5.60 Å². The molecule has 0 spiro atoms. The minimum absolute atomic E-state index is 0.590. The van der Waals surface area contributed by atoms with Gasteiger partial charge in [-0.25, -0.2) is 9.59 Å². The largest absolute Gasteiger partial charge is 0.457 e. The third-order valence-corrected chi connectivity index (χ3v) is 1.32. The van der Waals surface area contributed by atoms with E-state index in [-0.39, 0.29) is 0 Å². The molecule has 0 saturated carbocycles. The van der Waals surface area contributed by atoms with Gasteiger partial charge in [-0.2, -0.15) is 0 Å². The maximum Gasteiger partial charge on any atom is 0.365 e. The number of carbonyl (C=O) groups is 2. The highest BCUT2D eigenvalue weighted by molar-refractivity contribution is 7.96. The molecule has 0 bridgehead atoms. The lowest BCUT2D eigenvalue weighted by atomic mass is 10.1. The summed E-state index contributed by atoms with van der Waals surface area (Å²) >= 11 is 3.43. The van der Waals surface area contributed by atoms with E-state index in [1.807, 2.05) is 0 Å². The average molecular weight is 220 g/mol. The summed E-state index contributed by atoms with van der Waals surface area (Å²) in [5.74, 6) is -0.590. The molecule has 0 aliphatic carbocycles. The van der Waals surface area contributed by atoms with Gasteiger partial charge in [0.25, 0.3) is 0 Å². The van der Waals surface area contributed by atoms with Crippen molar-refractivity contribution in [2.45, 2.75) is 45.8 Å². The first-order valence-corrected chi connectivity index (χ1v) is 4.65. The number of hydrogen-bond acceptors (Lipinski definition) is 4. The summed E-state index contributed by atoms with van der Waals surface area (Å²) in [5, 5.41) is -0.805. The van der Waals surface area contributed by atoms with Crippen molar-refractivity contribution in [3.63, 3.8) is 0 Å². The zero-order chi connectivity index (χ0) is 11.6. The Morgan fingerprint density at radius 3 is 1.71 bits per heavy atom. The van der Waals surface area contributed by atoms with E-state index in [9.17, 15) is 9.59 Å². The van der Waals surface area contributed by atoms with Crippen LogP contribution in [-0.4, -0.2) is 22.5 Å². The van der Waals surface area contributed by atoms with Crippen molar-refractivity contribution in [2.24, 2.45) is 0 Å². The lowest BCUT2D eigenvalue weighted by Crippen LogP contribution is -2.41. The first kappa shape index (κ1) is 13.3. The summed E-state index contributed by atoms with van der Waals surface area (Å²) in [6.45, 7) is 8.13. The fraction of sp³-hybridized carbons (Fsp3) is 0.778. The van der Waals surface area contributed by atoms with Crippen LogP contribution in [0.3, 0.4) is 0 Å². The van der Waals surface area contributed by atoms with E-state index < -0.39 is 22.5 Å². The zero-order valence-electron chi connectivity index (χ0n) is 9.08. The molecule has 0 amide bonds. The Morgan fingerprint density at radius 2 is 1.43 bits per heavy atom. The van der Waals surface area contributed by atoms with Crippen LogP contribution >= 0.6 is 12.6 Å². The molecule has 0 aromatic carbocycles. The smallest absolute Gasteiger partial charge is 0.365 e. The molecule has 0 aromatic heterocycles. The third kappa shape index (κ3) is 5.11. The number of ether oxygens (including phenoxy) is 2. The van der Waals surface area contributed by atoms with Crippen molar-refractivity contribution in [2.75, 3.05) is 0 Å². The highest BCUT2D eigenvalue weighted by atomic mass is 32.1. The molecule has 0 N–H and O–H groups in total. The average Bonchev–Trinajstić information content (AvgIpc) is 1.79. The highest BCUT2D eigenvalue weighted by Gasteiger charge is 2.35. The summed E-state index contributed by atoms with van der Waals surface area (Å²) in [5.41, 5.74) is -1.90. The number of rotatable bonds is 2. The maximum absolute atomic E-state index is 11.5. The molecule has 0 heterocycles. The van der Waals surface area contributed by atoms with Gasteiger partial charge in [-0.1, -0.05) is 12.6 Å². The predicted molar refractivity (Wildman–Crippen MR) is 55.4 cm³/mol. The molecule has 0 saturated heterocycles. The molecular weight excluding hydrogens is 204 g/mol. The monoisotopic (exact) mass is 220 g/mol. The van der Waals surface area contributed by atoms with Crippen molar-refractivity contribution in [1.82, 2.24) is 0 Å². The van der Waals surface area contributed by atoms with Crippen LogP contribution in [0, 0.1) is 0 Å². The molecule has 0 atom stereocenters. The van der Waals surface area contributed by atoms with Crippen LogP contribution in [0.25, 0.3) is 0 Å². The zero-order valence-corrected chi connectivity index (χ0v) is 9.97. The SMILES string of the molecule is CC(C)(C)OC(=O)C(C)(C)OC(=O)S. The Bertz CT molecular complexity index is 240. The van der Waals surface area contributed by atoms with Crippen LogP contribution < -0.4 is 0 Å². The van der Waals surface area contributed by atoms with E-state index in [1.165, 1.54) is 13.8 Å². The van der Waals surface area contributed by atoms with Crippen LogP contribution in [0.2, 0.25) is 0 Å². The molecule has 0 aliphatic heterocycles. The van der Waals surface area contributed by atoms with E-state index in [2.05, 4.69) is 12.6 Å². The molecule has 0 unspecified atom stereocenters. The second kappa shape index (κ2) is 4.21. The fourth-order valence-corrected chi connectivity index (χ4v) is 0.889. The quantitative estimate of drug-likeness (QED) is 0.572. The first-order valence-electron chi connectivity index (χ1n) is 4.20. The van der Waals surface area contributed by atoms with E-state index in [0.717, 1.165) is 0 Å². The third-order valence-electron chi connectivity index (χ3n) is 1.23. The molecule has 14 heavy (non-hydrogen) atoms. The highest BCUT2D eigenvalue weighted by Crippen LogP contribution is 2.18. The Hall–Kier alpha value is -0.710. The van der Waals surface area contributed by atoms with Gasteiger partial charge in [0.1, 0.15) is 5.60 Å². The van der Waals surface area contributed by atoms with E-state index >= 15 is 0 Å².